The van der Waals surface area contributed by atoms with Crippen molar-refractivity contribution in [3.8, 4) is 0 Å². The van der Waals surface area contributed by atoms with Crippen LogP contribution in [0.4, 0.5) is 0 Å². The van der Waals surface area contributed by atoms with Crippen LogP contribution in [0.1, 0.15) is 20.8 Å². The van der Waals surface area contributed by atoms with E-state index in [0.29, 0.717) is 19.1 Å². The van der Waals surface area contributed by atoms with Crippen LogP contribution in [0.5, 0.6) is 0 Å². The first-order chi connectivity index (χ1) is 4.59. The van der Waals surface area contributed by atoms with E-state index in [-0.39, 0.29) is 11.2 Å². The summed E-state index contributed by atoms with van der Waals surface area (Å²) < 4.78 is 5.04. The minimum atomic E-state index is -0.139. The lowest BCUT2D eigenvalue weighted by atomic mass is 9.72. The molecule has 0 atom stereocenters. The van der Waals surface area contributed by atoms with Crippen LogP contribution in [0.25, 0.3) is 0 Å². The van der Waals surface area contributed by atoms with Crippen LogP contribution in [0.2, 0.25) is 0 Å². The van der Waals surface area contributed by atoms with Gasteiger partial charge in [-0.15, -0.1) is 0 Å². The Morgan fingerprint density at radius 3 is 2.00 bits per heavy atom. The molecule has 0 aliphatic carbocycles. The summed E-state index contributed by atoms with van der Waals surface area (Å²) in [6, 6.07) is 0. The van der Waals surface area contributed by atoms with E-state index in [2.05, 4.69) is 13.8 Å². The van der Waals surface area contributed by atoms with Crippen LogP contribution in [-0.2, 0) is 9.53 Å². The minimum absolute atomic E-state index is 0.139. The summed E-state index contributed by atoms with van der Waals surface area (Å²) >= 11 is 0. The Balaban J connectivity index is 2.68. The average Bonchev–Trinajstić information content (AvgIpc) is 1.57. The van der Waals surface area contributed by atoms with Crippen molar-refractivity contribution in [2.24, 2.45) is 11.3 Å². The van der Waals surface area contributed by atoms with Crippen molar-refractivity contribution in [3.05, 3.63) is 0 Å². The summed E-state index contributed by atoms with van der Waals surface area (Å²) in [6.45, 7) is 7.05. The van der Waals surface area contributed by atoms with E-state index in [1.54, 1.807) is 6.92 Å². The molecule has 10 heavy (non-hydrogen) atoms. The van der Waals surface area contributed by atoms with Crippen LogP contribution in [0.3, 0.4) is 0 Å². The molecular weight excluding hydrogens is 128 g/mol. The quantitative estimate of drug-likeness (QED) is 0.580. The van der Waals surface area contributed by atoms with Crippen LogP contribution in [-0.4, -0.2) is 19.0 Å². The number of Topliss-reactive ketones (excluding diaryl/α,β-unsaturated/α-hetero) is 1. The lowest BCUT2D eigenvalue weighted by Gasteiger charge is -2.42. The number of rotatable bonds is 2. The molecule has 1 aliphatic heterocycles. The lowest BCUT2D eigenvalue weighted by molar-refractivity contribution is -0.167. The van der Waals surface area contributed by atoms with Gasteiger partial charge < -0.3 is 4.74 Å². The maximum Gasteiger partial charge on any atom is 0.140 e. The summed E-state index contributed by atoms with van der Waals surface area (Å²) in [6.07, 6.45) is 0. The second-order valence-corrected chi connectivity index (χ2v) is 3.36. The normalized spacial score (nSPS) is 22.4. The molecule has 0 radical (unpaired) electrons. The molecule has 0 saturated carbocycles. The smallest absolute Gasteiger partial charge is 0.140 e. The molecule has 0 N–H and O–H groups in total. The van der Waals surface area contributed by atoms with Gasteiger partial charge in [0, 0.05) is 0 Å². The summed E-state index contributed by atoms with van der Waals surface area (Å²) in [5.41, 5.74) is -0.139. The van der Waals surface area contributed by atoms with Crippen molar-refractivity contribution >= 4 is 5.78 Å². The number of hydrogen-bond acceptors (Lipinski definition) is 2. The number of ether oxygens (including phenoxy) is 1. The second kappa shape index (κ2) is 2.35. The fourth-order valence-corrected chi connectivity index (χ4v) is 1.27. The first-order valence-electron chi connectivity index (χ1n) is 3.68. The Bertz CT molecular complexity index is 145. The van der Waals surface area contributed by atoms with Gasteiger partial charge in [-0.2, -0.15) is 0 Å². The number of carbonyl (C=O) groups excluding carboxylic acids is 1. The zero-order valence-electron chi connectivity index (χ0n) is 6.81. The molecule has 1 rings (SSSR count). The van der Waals surface area contributed by atoms with Crippen molar-refractivity contribution in [1.29, 1.82) is 0 Å². The molecule has 0 aromatic rings. The Morgan fingerprint density at radius 2 is 2.00 bits per heavy atom. The Kier molecular flexibility index (Phi) is 1.82. The maximum atomic E-state index is 11.1. The molecule has 0 spiro atoms. The van der Waals surface area contributed by atoms with E-state index < -0.39 is 0 Å². The highest BCUT2D eigenvalue weighted by Crippen LogP contribution is 2.36. The Labute approximate surface area is 61.6 Å². The first-order valence-corrected chi connectivity index (χ1v) is 3.68. The van der Waals surface area contributed by atoms with E-state index >= 15 is 0 Å². The molecule has 0 bridgehead atoms. The average molecular weight is 142 g/mol. The largest absolute Gasteiger partial charge is 0.379 e. The van der Waals surface area contributed by atoms with E-state index in [9.17, 15) is 4.79 Å². The van der Waals surface area contributed by atoms with E-state index in [1.807, 2.05) is 0 Å². The lowest BCUT2D eigenvalue weighted by Crippen LogP contribution is -2.51. The summed E-state index contributed by atoms with van der Waals surface area (Å²) in [5, 5.41) is 0. The molecule has 1 heterocycles. The van der Waals surface area contributed by atoms with E-state index in [1.165, 1.54) is 0 Å². The fourth-order valence-electron chi connectivity index (χ4n) is 1.27. The fraction of sp³-hybridized carbons (Fsp3) is 0.875. The Morgan fingerprint density at radius 1 is 1.50 bits per heavy atom. The second-order valence-electron chi connectivity index (χ2n) is 3.36. The van der Waals surface area contributed by atoms with Gasteiger partial charge in [-0.25, -0.2) is 0 Å². The third-order valence-electron chi connectivity index (χ3n) is 2.53. The predicted molar refractivity (Wildman–Crippen MR) is 38.8 cm³/mol. The molecule has 2 nitrogen and oxygen atoms in total. The van der Waals surface area contributed by atoms with E-state index in [4.69, 9.17) is 4.74 Å². The number of carbonyl (C=O) groups is 1. The molecule has 1 fully saturated rings. The summed E-state index contributed by atoms with van der Waals surface area (Å²) in [5.74, 6) is 0.688. The molecule has 1 saturated heterocycles. The van der Waals surface area contributed by atoms with Gasteiger partial charge in [0.15, 0.2) is 0 Å². The monoisotopic (exact) mass is 142 g/mol. The molecule has 0 aromatic carbocycles. The van der Waals surface area contributed by atoms with Crippen LogP contribution < -0.4 is 0 Å². The molecule has 0 aromatic heterocycles. The van der Waals surface area contributed by atoms with Gasteiger partial charge in [-0.05, 0) is 12.8 Å². The van der Waals surface area contributed by atoms with Gasteiger partial charge in [-0.3, -0.25) is 4.79 Å². The standard InChI is InChI=1S/C8H14O2/c1-6(2)8(7(3)9)4-10-5-8/h6H,4-5H2,1-3H3. The molecule has 0 amide bonds. The van der Waals surface area contributed by atoms with Crippen molar-refractivity contribution in [1.82, 2.24) is 0 Å². The van der Waals surface area contributed by atoms with Gasteiger partial charge in [-0.1, -0.05) is 13.8 Å². The van der Waals surface area contributed by atoms with Crippen molar-refractivity contribution in [3.63, 3.8) is 0 Å². The van der Waals surface area contributed by atoms with Gasteiger partial charge in [0.25, 0.3) is 0 Å². The van der Waals surface area contributed by atoms with Crippen LogP contribution in [0.15, 0.2) is 0 Å². The highest BCUT2D eigenvalue weighted by molar-refractivity contribution is 5.83. The van der Waals surface area contributed by atoms with Gasteiger partial charge in [0.2, 0.25) is 0 Å². The SMILES string of the molecule is CC(=O)C1(C(C)C)COC1. The van der Waals surface area contributed by atoms with E-state index in [0.717, 1.165) is 0 Å². The van der Waals surface area contributed by atoms with Crippen molar-refractivity contribution in [2.45, 2.75) is 20.8 Å². The molecular formula is C8H14O2. The molecule has 0 unspecified atom stereocenters. The summed E-state index contributed by atoms with van der Waals surface area (Å²) in [7, 11) is 0. The summed E-state index contributed by atoms with van der Waals surface area (Å²) in [4.78, 5) is 11.1. The minimum Gasteiger partial charge on any atom is -0.379 e. The highest BCUT2D eigenvalue weighted by Gasteiger charge is 2.45. The number of hydrogen-bond donors (Lipinski definition) is 0. The van der Waals surface area contributed by atoms with Crippen LogP contribution in [0, 0.1) is 11.3 Å². The maximum absolute atomic E-state index is 11.1. The molecule has 1 aliphatic rings. The Hall–Kier alpha value is -0.370. The molecule has 2 heteroatoms. The topological polar surface area (TPSA) is 26.3 Å². The van der Waals surface area contributed by atoms with Gasteiger partial charge >= 0.3 is 0 Å². The third kappa shape index (κ3) is 0.870. The van der Waals surface area contributed by atoms with Crippen molar-refractivity contribution < 1.29 is 9.53 Å². The van der Waals surface area contributed by atoms with Gasteiger partial charge in [0.05, 0.1) is 18.6 Å². The predicted octanol–water partition coefficient (Wildman–Crippen LogP) is 1.25. The third-order valence-corrected chi connectivity index (χ3v) is 2.53. The number of ketones is 1. The molecule has 58 valence electrons. The highest BCUT2D eigenvalue weighted by atomic mass is 16.5. The van der Waals surface area contributed by atoms with Crippen molar-refractivity contribution in [2.75, 3.05) is 13.2 Å². The van der Waals surface area contributed by atoms with Gasteiger partial charge in [0.1, 0.15) is 5.78 Å². The zero-order valence-corrected chi connectivity index (χ0v) is 6.81. The zero-order chi connectivity index (χ0) is 7.78. The van der Waals surface area contributed by atoms with Crippen LogP contribution >= 0.6 is 0 Å². The first kappa shape index (κ1) is 7.73.